The highest BCUT2D eigenvalue weighted by molar-refractivity contribution is 5.63. The maximum atomic E-state index is 10.6. The minimum atomic E-state index is -0.590. The van der Waals surface area contributed by atoms with Crippen LogP contribution in [0.1, 0.15) is 5.56 Å². The van der Waals surface area contributed by atoms with Crippen LogP contribution in [0.25, 0.3) is 6.08 Å². The van der Waals surface area contributed by atoms with Crippen LogP contribution in [0.5, 0.6) is 0 Å². The molecule has 1 aromatic carbocycles. The number of ether oxygens (including phenoxy) is 2. The van der Waals surface area contributed by atoms with E-state index < -0.39 is 6.16 Å². The average molecular weight is 190 g/mol. The highest BCUT2D eigenvalue weighted by atomic mass is 16.8. The van der Waals surface area contributed by atoms with Crippen molar-refractivity contribution in [1.82, 2.24) is 0 Å². The predicted octanol–water partition coefficient (Wildman–Crippen LogP) is 2.24. The molecule has 0 N–H and O–H groups in total. The Bertz CT molecular complexity index is 343. The Kier molecular flexibility index (Phi) is 2.49. The van der Waals surface area contributed by atoms with Gasteiger partial charge < -0.3 is 9.47 Å². The van der Waals surface area contributed by atoms with Gasteiger partial charge in [0.05, 0.1) is 0 Å². The van der Waals surface area contributed by atoms with E-state index in [1.165, 1.54) is 0 Å². The van der Waals surface area contributed by atoms with Crippen molar-refractivity contribution in [3.05, 3.63) is 42.0 Å². The van der Waals surface area contributed by atoms with Crippen LogP contribution < -0.4 is 0 Å². The number of carbonyl (C=O) groups is 1. The standard InChI is InChI=1S/C11H10O3/c12-11-13-8-10(14-11)7-6-9-4-2-1-3-5-9/h1-7,10H,8H2. The molecule has 3 nitrogen and oxygen atoms in total. The van der Waals surface area contributed by atoms with E-state index in [0.717, 1.165) is 5.56 Å². The molecule has 14 heavy (non-hydrogen) atoms. The molecular weight excluding hydrogens is 180 g/mol. The Morgan fingerprint density at radius 3 is 2.71 bits per heavy atom. The molecule has 72 valence electrons. The summed E-state index contributed by atoms with van der Waals surface area (Å²) in [6.07, 6.45) is 2.89. The van der Waals surface area contributed by atoms with Gasteiger partial charge >= 0.3 is 6.16 Å². The molecule has 0 amide bonds. The third-order valence-electron chi connectivity index (χ3n) is 1.92. The van der Waals surface area contributed by atoms with Crippen LogP contribution in [0.4, 0.5) is 4.79 Å². The first-order valence-corrected chi connectivity index (χ1v) is 4.41. The normalized spacial score (nSPS) is 20.9. The van der Waals surface area contributed by atoms with E-state index in [9.17, 15) is 4.79 Å². The maximum Gasteiger partial charge on any atom is 0.509 e. The van der Waals surface area contributed by atoms with Gasteiger partial charge in [-0.3, -0.25) is 0 Å². The van der Waals surface area contributed by atoms with Crippen molar-refractivity contribution in [3.8, 4) is 0 Å². The summed E-state index contributed by atoms with van der Waals surface area (Å²) in [6.45, 7) is 0.308. The zero-order valence-corrected chi connectivity index (χ0v) is 7.55. The van der Waals surface area contributed by atoms with Crippen LogP contribution in [0.3, 0.4) is 0 Å². The summed E-state index contributed by atoms with van der Waals surface area (Å²) in [7, 11) is 0. The molecule has 0 aliphatic carbocycles. The van der Waals surface area contributed by atoms with Gasteiger partial charge in [0, 0.05) is 0 Å². The van der Waals surface area contributed by atoms with Crippen molar-refractivity contribution in [2.24, 2.45) is 0 Å². The molecule has 1 aromatic rings. The molecule has 1 heterocycles. The molecule has 1 aliphatic rings. The van der Waals surface area contributed by atoms with Crippen molar-refractivity contribution in [2.75, 3.05) is 6.61 Å². The molecule has 1 unspecified atom stereocenters. The Morgan fingerprint density at radius 2 is 2.07 bits per heavy atom. The SMILES string of the molecule is O=C1OCC(C=Cc2ccccc2)O1. The van der Waals surface area contributed by atoms with Gasteiger partial charge in [0.2, 0.25) is 0 Å². The summed E-state index contributed by atoms with van der Waals surface area (Å²) in [5, 5.41) is 0. The first-order chi connectivity index (χ1) is 6.84. The second kappa shape index (κ2) is 3.96. The zero-order valence-electron chi connectivity index (χ0n) is 7.55. The molecule has 0 radical (unpaired) electrons. The predicted molar refractivity (Wildman–Crippen MR) is 51.7 cm³/mol. The maximum absolute atomic E-state index is 10.6. The van der Waals surface area contributed by atoms with Crippen LogP contribution in [0, 0.1) is 0 Å². The van der Waals surface area contributed by atoms with Gasteiger partial charge in [0.15, 0.2) is 6.10 Å². The number of carbonyl (C=O) groups excluding carboxylic acids is 1. The number of benzene rings is 1. The van der Waals surface area contributed by atoms with Gasteiger partial charge in [0.25, 0.3) is 0 Å². The summed E-state index contributed by atoms with van der Waals surface area (Å²) in [4.78, 5) is 10.6. The van der Waals surface area contributed by atoms with Crippen LogP contribution in [0.15, 0.2) is 36.4 Å². The molecule has 1 saturated heterocycles. The molecule has 1 fully saturated rings. The quantitative estimate of drug-likeness (QED) is 0.671. The number of hydrogen-bond acceptors (Lipinski definition) is 3. The first-order valence-electron chi connectivity index (χ1n) is 4.41. The average Bonchev–Trinajstić information content (AvgIpc) is 2.63. The summed E-state index contributed by atoms with van der Waals surface area (Å²) < 4.78 is 9.48. The molecule has 3 heteroatoms. The van der Waals surface area contributed by atoms with Gasteiger partial charge in [-0.15, -0.1) is 0 Å². The van der Waals surface area contributed by atoms with E-state index in [4.69, 9.17) is 4.74 Å². The zero-order chi connectivity index (χ0) is 9.80. The molecule has 1 aliphatic heterocycles. The van der Waals surface area contributed by atoms with Crippen LogP contribution in [-0.4, -0.2) is 18.9 Å². The van der Waals surface area contributed by atoms with E-state index in [0.29, 0.717) is 6.61 Å². The van der Waals surface area contributed by atoms with Crippen LogP contribution >= 0.6 is 0 Å². The lowest BCUT2D eigenvalue weighted by molar-refractivity contribution is 0.125. The summed E-state index contributed by atoms with van der Waals surface area (Å²) in [5.41, 5.74) is 1.08. The summed E-state index contributed by atoms with van der Waals surface area (Å²) in [6, 6.07) is 9.83. The van der Waals surface area contributed by atoms with E-state index in [1.807, 2.05) is 42.5 Å². The second-order valence-corrected chi connectivity index (χ2v) is 2.99. The fourth-order valence-corrected chi connectivity index (χ4v) is 1.22. The van der Waals surface area contributed by atoms with E-state index in [2.05, 4.69) is 4.74 Å². The van der Waals surface area contributed by atoms with Crippen molar-refractivity contribution in [2.45, 2.75) is 6.10 Å². The van der Waals surface area contributed by atoms with Crippen molar-refractivity contribution in [3.63, 3.8) is 0 Å². The Labute approximate surface area is 81.9 Å². The molecule has 0 bridgehead atoms. The molecule has 0 aromatic heterocycles. The fourth-order valence-electron chi connectivity index (χ4n) is 1.22. The van der Waals surface area contributed by atoms with Gasteiger partial charge in [-0.05, 0) is 11.6 Å². The van der Waals surface area contributed by atoms with Gasteiger partial charge in [-0.1, -0.05) is 36.4 Å². The van der Waals surface area contributed by atoms with Crippen molar-refractivity contribution in [1.29, 1.82) is 0 Å². The summed E-state index contributed by atoms with van der Waals surface area (Å²) >= 11 is 0. The molecular formula is C11H10O3. The van der Waals surface area contributed by atoms with Crippen molar-refractivity contribution >= 4 is 12.2 Å². The number of cyclic esters (lactones) is 2. The van der Waals surface area contributed by atoms with E-state index in [-0.39, 0.29) is 6.10 Å². The monoisotopic (exact) mass is 190 g/mol. The first kappa shape index (κ1) is 8.81. The molecule has 0 saturated carbocycles. The Morgan fingerprint density at radius 1 is 1.29 bits per heavy atom. The second-order valence-electron chi connectivity index (χ2n) is 2.99. The van der Waals surface area contributed by atoms with Gasteiger partial charge in [0.1, 0.15) is 6.61 Å². The van der Waals surface area contributed by atoms with E-state index in [1.54, 1.807) is 0 Å². The topological polar surface area (TPSA) is 35.5 Å². The molecule has 2 rings (SSSR count). The third kappa shape index (κ3) is 2.13. The Balaban J connectivity index is 1.97. The van der Waals surface area contributed by atoms with Crippen LogP contribution in [-0.2, 0) is 9.47 Å². The lowest BCUT2D eigenvalue weighted by Gasteiger charge is -1.97. The Hall–Kier alpha value is -1.77. The minimum absolute atomic E-state index is 0.247. The fraction of sp³-hybridized carbons (Fsp3) is 0.182. The largest absolute Gasteiger partial charge is 0.509 e. The lowest BCUT2D eigenvalue weighted by atomic mass is 10.2. The van der Waals surface area contributed by atoms with Gasteiger partial charge in [-0.25, -0.2) is 4.79 Å². The summed E-state index contributed by atoms with van der Waals surface area (Å²) in [5.74, 6) is 0. The highest BCUT2D eigenvalue weighted by Crippen LogP contribution is 2.09. The van der Waals surface area contributed by atoms with Crippen molar-refractivity contribution < 1.29 is 14.3 Å². The highest BCUT2D eigenvalue weighted by Gasteiger charge is 2.21. The number of rotatable bonds is 2. The van der Waals surface area contributed by atoms with Crippen LogP contribution in [0.2, 0.25) is 0 Å². The third-order valence-corrected chi connectivity index (χ3v) is 1.92. The lowest BCUT2D eigenvalue weighted by Crippen LogP contribution is -2.04. The van der Waals surface area contributed by atoms with E-state index >= 15 is 0 Å². The minimum Gasteiger partial charge on any atom is -0.430 e. The van der Waals surface area contributed by atoms with Gasteiger partial charge in [-0.2, -0.15) is 0 Å². The molecule has 1 atom stereocenters. The molecule has 0 spiro atoms. The number of hydrogen-bond donors (Lipinski definition) is 0. The smallest absolute Gasteiger partial charge is 0.430 e.